The van der Waals surface area contributed by atoms with Crippen LogP contribution in [0.25, 0.3) is 33.0 Å². The lowest BCUT2D eigenvalue weighted by Crippen LogP contribution is -2.22. The average molecular weight is 550 g/mol. The number of hydrogen-bond donors (Lipinski definition) is 3. The molecule has 4 aromatic rings. The molecule has 0 saturated heterocycles. The maximum absolute atomic E-state index is 13.5. The highest BCUT2D eigenvalue weighted by Crippen LogP contribution is 2.46. The predicted octanol–water partition coefficient (Wildman–Crippen LogP) is 3.12. The van der Waals surface area contributed by atoms with E-state index in [0.717, 1.165) is 0 Å². The van der Waals surface area contributed by atoms with E-state index in [4.69, 9.17) is 23.7 Å². The van der Waals surface area contributed by atoms with Crippen LogP contribution in [0.2, 0.25) is 0 Å². The van der Waals surface area contributed by atoms with Crippen molar-refractivity contribution in [2.24, 2.45) is 0 Å². The van der Waals surface area contributed by atoms with Gasteiger partial charge in [-0.1, -0.05) is 0 Å². The van der Waals surface area contributed by atoms with E-state index in [9.17, 15) is 14.7 Å². The molecule has 5 rings (SSSR count). The number of aliphatic hydroxyl groups excluding tert-OH is 1. The highest BCUT2D eigenvalue weighted by Gasteiger charge is 2.37. The Balaban J connectivity index is 1.82. The van der Waals surface area contributed by atoms with Crippen molar-refractivity contribution < 1.29 is 38.4 Å². The molecule has 0 radical (unpaired) electrons. The molecule has 210 valence electrons. The van der Waals surface area contributed by atoms with Crippen LogP contribution in [-0.2, 0) is 20.9 Å². The molecule has 2 aromatic heterocycles. The summed E-state index contributed by atoms with van der Waals surface area (Å²) in [6.45, 7) is 2.65. The highest BCUT2D eigenvalue weighted by atomic mass is 16.5. The van der Waals surface area contributed by atoms with Crippen molar-refractivity contribution in [3.8, 4) is 23.0 Å². The number of aliphatic hydroxyl groups is 1. The molecule has 0 bridgehead atoms. The summed E-state index contributed by atoms with van der Waals surface area (Å²) >= 11 is 0. The zero-order chi connectivity index (χ0) is 28.6. The Labute approximate surface area is 230 Å². The predicted molar refractivity (Wildman–Crippen MR) is 149 cm³/mol. The summed E-state index contributed by atoms with van der Waals surface area (Å²) in [6, 6.07) is 7.15. The monoisotopic (exact) mass is 549 g/mol. The largest absolute Gasteiger partial charge is 0.493 e. The van der Waals surface area contributed by atoms with Gasteiger partial charge in [-0.3, -0.25) is 14.9 Å². The summed E-state index contributed by atoms with van der Waals surface area (Å²) in [7, 11) is 6.07. The van der Waals surface area contributed by atoms with Gasteiger partial charge in [0, 0.05) is 30.1 Å². The first kappa shape index (κ1) is 27.1. The van der Waals surface area contributed by atoms with Gasteiger partial charge in [0.25, 0.3) is 11.8 Å². The molecule has 2 aromatic carbocycles. The highest BCUT2D eigenvalue weighted by molar-refractivity contribution is 6.51. The van der Waals surface area contributed by atoms with E-state index < -0.39 is 17.9 Å². The number of nitrogens with one attached hydrogen (secondary N) is 2. The molecule has 11 nitrogen and oxygen atoms in total. The number of ether oxygens (including phenoxy) is 5. The van der Waals surface area contributed by atoms with Gasteiger partial charge in [0.2, 0.25) is 0 Å². The number of aromatic nitrogens is 2. The second-order valence-electron chi connectivity index (χ2n) is 9.16. The van der Waals surface area contributed by atoms with Crippen LogP contribution in [0, 0.1) is 0 Å². The van der Waals surface area contributed by atoms with Crippen molar-refractivity contribution in [2.75, 3.05) is 41.7 Å². The first-order chi connectivity index (χ1) is 19.4. The molecule has 3 N–H and O–H groups in total. The Morgan fingerprint density at radius 2 is 1.48 bits per heavy atom. The molecule has 1 aliphatic rings. The number of amides is 2. The van der Waals surface area contributed by atoms with Gasteiger partial charge in [-0.15, -0.1) is 0 Å². The summed E-state index contributed by atoms with van der Waals surface area (Å²) in [5.41, 5.74) is 2.63. The fraction of sp³-hybridized carbons (Fsp3) is 0.310. The Kier molecular flexibility index (Phi) is 7.42. The van der Waals surface area contributed by atoms with Gasteiger partial charge in [0.15, 0.2) is 23.0 Å². The van der Waals surface area contributed by atoms with E-state index in [-0.39, 0.29) is 24.3 Å². The molecule has 3 heterocycles. The van der Waals surface area contributed by atoms with E-state index >= 15 is 0 Å². The summed E-state index contributed by atoms with van der Waals surface area (Å²) < 4.78 is 29.6. The molecular weight excluding hydrogens is 518 g/mol. The van der Waals surface area contributed by atoms with E-state index in [1.807, 2.05) is 23.6 Å². The zero-order valence-electron chi connectivity index (χ0n) is 22.9. The van der Waals surface area contributed by atoms with Crippen LogP contribution >= 0.6 is 0 Å². The number of aromatic amines is 1. The summed E-state index contributed by atoms with van der Waals surface area (Å²) in [5, 5.41) is 14.3. The van der Waals surface area contributed by atoms with Crippen LogP contribution in [0.1, 0.15) is 18.1 Å². The smallest absolute Gasteiger partial charge is 0.259 e. The molecule has 40 heavy (non-hydrogen) atoms. The van der Waals surface area contributed by atoms with Gasteiger partial charge in [0.05, 0.1) is 80.6 Å². The number of methoxy groups -OCH3 is 4. The lowest BCUT2D eigenvalue weighted by atomic mass is 9.95. The average Bonchev–Trinajstić information content (AvgIpc) is 3.62. The maximum atomic E-state index is 13.5. The van der Waals surface area contributed by atoms with Crippen LogP contribution in [-0.4, -0.2) is 74.2 Å². The Morgan fingerprint density at radius 3 is 2.10 bits per heavy atom. The van der Waals surface area contributed by atoms with E-state index in [1.54, 1.807) is 24.5 Å². The fourth-order valence-corrected chi connectivity index (χ4v) is 5.28. The standard InChI is InChI=1S/C29H31N3O8/c1-6-40-14-15(33)12-32-13-17(23-19(32)8-10-21(37-3)27(23)39-5)25-24(28(34)31-29(25)35)16-11-30-18-7-9-20(36-2)26(38-4)22(16)18/h7-11,13,15,30,33H,6,12,14H2,1-5H3,(H,31,34,35). The topological polar surface area (TPSA) is 133 Å². The lowest BCUT2D eigenvalue weighted by Gasteiger charge is -2.14. The summed E-state index contributed by atoms with van der Waals surface area (Å²) in [4.78, 5) is 30.0. The van der Waals surface area contributed by atoms with Gasteiger partial charge in [-0.05, 0) is 31.2 Å². The minimum absolute atomic E-state index is 0.142. The second-order valence-corrected chi connectivity index (χ2v) is 9.16. The van der Waals surface area contributed by atoms with Gasteiger partial charge in [-0.2, -0.15) is 0 Å². The van der Waals surface area contributed by atoms with Gasteiger partial charge in [0.1, 0.15) is 0 Å². The number of hydrogen-bond acceptors (Lipinski definition) is 8. The van der Waals surface area contributed by atoms with E-state index in [0.29, 0.717) is 62.5 Å². The molecule has 2 amide bonds. The summed E-state index contributed by atoms with van der Waals surface area (Å²) in [6.07, 6.45) is 2.60. The molecule has 0 aliphatic carbocycles. The van der Waals surface area contributed by atoms with E-state index in [1.165, 1.54) is 28.4 Å². The minimum atomic E-state index is -0.811. The Hall–Kier alpha value is -4.48. The quantitative estimate of drug-likeness (QED) is 0.243. The van der Waals surface area contributed by atoms with Gasteiger partial charge >= 0.3 is 0 Å². The number of benzene rings is 2. The van der Waals surface area contributed by atoms with E-state index in [2.05, 4.69) is 10.3 Å². The number of carbonyl (C=O) groups excluding carboxylic acids is 2. The van der Waals surface area contributed by atoms with Crippen molar-refractivity contribution in [3.63, 3.8) is 0 Å². The van der Waals surface area contributed by atoms with Gasteiger partial charge in [-0.25, -0.2) is 0 Å². The van der Waals surface area contributed by atoms with Crippen molar-refractivity contribution in [1.82, 2.24) is 14.9 Å². The molecule has 1 aliphatic heterocycles. The van der Waals surface area contributed by atoms with Crippen molar-refractivity contribution in [1.29, 1.82) is 0 Å². The SMILES string of the molecule is CCOCC(O)Cn1cc(C2=C(c3c[nH]c4ccc(OC)c(OC)c34)C(=O)NC2=O)c2c(OC)c(OC)ccc21. The molecule has 11 heteroatoms. The molecule has 0 spiro atoms. The first-order valence-corrected chi connectivity index (χ1v) is 12.7. The number of imide groups is 1. The van der Waals surface area contributed by atoms with Crippen LogP contribution < -0.4 is 24.3 Å². The first-order valence-electron chi connectivity index (χ1n) is 12.7. The van der Waals surface area contributed by atoms with Crippen LogP contribution in [0.3, 0.4) is 0 Å². The third kappa shape index (κ3) is 4.33. The molecule has 0 saturated carbocycles. The van der Waals surface area contributed by atoms with Gasteiger partial charge < -0.3 is 38.3 Å². The fourth-order valence-electron chi connectivity index (χ4n) is 5.28. The van der Waals surface area contributed by atoms with Crippen LogP contribution in [0.5, 0.6) is 23.0 Å². The van der Waals surface area contributed by atoms with Crippen molar-refractivity contribution >= 4 is 44.8 Å². The Bertz CT molecular complexity index is 1650. The minimum Gasteiger partial charge on any atom is -0.493 e. The van der Waals surface area contributed by atoms with Crippen LogP contribution in [0.4, 0.5) is 0 Å². The number of nitrogens with zero attached hydrogens (tertiary/aromatic N) is 1. The molecule has 1 unspecified atom stereocenters. The normalized spacial score (nSPS) is 14.2. The summed E-state index contributed by atoms with van der Waals surface area (Å²) in [5.74, 6) is 0.643. The number of H-pyrrole nitrogens is 1. The molecular formula is C29H31N3O8. The second kappa shape index (κ2) is 10.9. The Morgan fingerprint density at radius 1 is 0.850 bits per heavy atom. The third-order valence-corrected chi connectivity index (χ3v) is 6.97. The van der Waals surface area contributed by atoms with Crippen molar-refractivity contribution in [3.05, 3.63) is 47.8 Å². The number of rotatable bonds is 11. The number of fused-ring (bicyclic) bond motifs is 2. The maximum Gasteiger partial charge on any atom is 0.259 e. The zero-order valence-corrected chi connectivity index (χ0v) is 22.9. The molecule has 0 fully saturated rings. The number of carbonyl (C=O) groups is 2. The molecule has 1 atom stereocenters. The lowest BCUT2D eigenvalue weighted by molar-refractivity contribution is -0.122. The van der Waals surface area contributed by atoms with Crippen molar-refractivity contribution in [2.45, 2.75) is 19.6 Å². The van der Waals surface area contributed by atoms with Crippen LogP contribution in [0.15, 0.2) is 36.7 Å². The third-order valence-electron chi connectivity index (χ3n) is 6.97.